The molecule has 1 aliphatic heterocycles. The normalized spacial score (nSPS) is 17.2. The van der Waals surface area contributed by atoms with E-state index in [2.05, 4.69) is 20.0 Å². The minimum atomic E-state index is -3.67. The summed E-state index contributed by atoms with van der Waals surface area (Å²) in [6, 6.07) is 14.6. The number of aryl methyl sites for hydroxylation is 1. The second-order valence-corrected chi connectivity index (χ2v) is 9.17. The summed E-state index contributed by atoms with van der Waals surface area (Å²) < 4.78 is 35.4. The number of fused-ring (bicyclic) bond motifs is 3. The van der Waals surface area contributed by atoms with Crippen LogP contribution in [0.4, 0.5) is 0 Å². The van der Waals surface area contributed by atoms with Gasteiger partial charge in [0.1, 0.15) is 0 Å². The number of nitrogens with zero attached hydrogens (tertiary/aromatic N) is 4. The molecule has 1 unspecified atom stereocenters. The Kier molecular flexibility index (Phi) is 4.73. The zero-order chi connectivity index (χ0) is 20.7. The van der Waals surface area contributed by atoms with E-state index >= 15 is 0 Å². The number of rotatable bonds is 5. The average molecular weight is 423 g/mol. The van der Waals surface area contributed by atoms with Crippen molar-refractivity contribution in [1.82, 2.24) is 24.5 Å². The van der Waals surface area contributed by atoms with Crippen LogP contribution in [0.2, 0.25) is 0 Å². The van der Waals surface area contributed by atoms with Gasteiger partial charge in [0.05, 0.1) is 16.7 Å². The molecule has 1 saturated heterocycles. The van der Waals surface area contributed by atoms with E-state index in [4.69, 9.17) is 4.74 Å². The molecule has 0 spiro atoms. The number of ether oxygens (including phenoxy) is 1. The standard InChI is InChI=1S/C21H21N5O3S/c1-14-18-9-2-3-10-19(18)21-24-23-20(26(21)25-14)15-6-4-8-17(12-15)30(27,28)22-13-16-7-5-11-29-16/h2-4,6,8-10,12,16,22H,5,7,11,13H2,1H3. The first kappa shape index (κ1) is 19.1. The third kappa shape index (κ3) is 3.34. The van der Waals surface area contributed by atoms with Crippen LogP contribution in [0.25, 0.3) is 27.8 Å². The quantitative estimate of drug-likeness (QED) is 0.530. The fourth-order valence-electron chi connectivity index (χ4n) is 3.81. The molecule has 30 heavy (non-hydrogen) atoms. The summed E-state index contributed by atoms with van der Waals surface area (Å²) >= 11 is 0. The van der Waals surface area contributed by atoms with E-state index in [0.717, 1.165) is 29.3 Å². The largest absolute Gasteiger partial charge is 0.377 e. The van der Waals surface area contributed by atoms with Gasteiger partial charge in [-0.3, -0.25) is 0 Å². The molecule has 0 aliphatic carbocycles. The molecule has 4 aromatic rings. The van der Waals surface area contributed by atoms with Crippen molar-refractivity contribution in [2.75, 3.05) is 13.2 Å². The van der Waals surface area contributed by atoms with Crippen molar-refractivity contribution in [3.63, 3.8) is 0 Å². The van der Waals surface area contributed by atoms with Crippen LogP contribution >= 0.6 is 0 Å². The monoisotopic (exact) mass is 423 g/mol. The van der Waals surface area contributed by atoms with Gasteiger partial charge < -0.3 is 4.74 Å². The molecular formula is C21H21N5O3S. The van der Waals surface area contributed by atoms with E-state index in [9.17, 15) is 8.42 Å². The summed E-state index contributed by atoms with van der Waals surface area (Å²) in [5, 5.41) is 15.2. The van der Waals surface area contributed by atoms with E-state index in [1.165, 1.54) is 0 Å². The van der Waals surface area contributed by atoms with Gasteiger partial charge in [-0.15, -0.1) is 10.2 Å². The van der Waals surface area contributed by atoms with Crippen LogP contribution in [0, 0.1) is 6.92 Å². The molecule has 0 saturated carbocycles. The van der Waals surface area contributed by atoms with E-state index in [0.29, 0.717) is 23.6 Å². The van der Waals surface area contributed by atoms with Gasteiger partial charge in [-0.05, 0) is 31.9 Å². The Morgan fingerprint density at radius 2 is 1.97 bits per heavy atom. The van der Waals surface area contributed by atoms with Crippen molar-refractivity contribution in [3.05, 3.63) is 54.2 Å². The minimum Gasteiger partial charge on any atom is -0.377 e. The molecule has 1 N–H and O–H groups in total. The van der Waals surface area contributed by atoms with Crippen molar-refractivity contribution in [2.45, 2.75) is 30.8 Å². The van der Waals surface area contributed by atoms with Crippen molar-refractivity contribution < 1.29 is 13.2 Å². The first-order chi connectivity index (χ1) is 14.5. The highest BCUT2D eigenvalue weighted by Gasteiger charge is 2.21. The van der Waals surface area contributed by atoms with Crippen LogP contribution < -0.4 is 4.72 Å². The van der Waals surface area contributed by atoms with E-state index < -0.39 is 10.0 Å². The van der Waals surface area contributed by atoms with Crippen molar-refractivity contribution in [2.24, 2.45) is 0 Å². The molecule has 0 radical (unpaired) electrons. The number of sulfonamides is 1. The summed E-state index contributed by atoms with van der Waals surface area (Å²) in [6.45, 7) is 2.89. The zero-order valence-corrected chi connectivity index (χ0v) is 17.3. The van der Waals surface area contributed by atoms with E-state index in [-0.39, 0.29) is 17.5 Å². The molecular weight excluding hydrogens is 402 g/mol. The Labute approximate surface area is 173 Å². The van der Waals surface area contributed by atoms with Crippen LogP contribution in [0.15, 0.2) is 53.4 Å². The predicted octanol–water partition coefficient (Wildman–Crippen LogP) is 2.71. The molecule has 0 bridgehead atoms. The molecule has 2 aromatic heterocycles. The van der Waals surface area contributed by atoms with Crippen molar-refractivity contribution in [1.29, 1.82) is 0 Å². The molecule has 5 rings (SSSR count). The molecule has 0 amide bonds. The maximum absolute atomic E-state index is 12.8. The van der Waals surface area contributed by atoms with Gasteiger partial charge in [-0.1, -0.05) is 36.4 Å². The maximum atomic E-state index is 12.8. The molecule has 3 heterocycles. The van der Waals surface area contributed by atoms with Crippen molar-refractivity contribution in [3.8, 4) is 11.4 Å². The molecule has 154 valence electrons. The van der Waals surface area contributed by atoms with Gasteiger partial charge in [0, 0.05) is 29.5 Å². The topological polar surface area (TPSA) is 98.5 Å². The second kappa shape index (κ2) is 7.42. The smallest absolute Gasteiger partial charge is 0.240 e. The molecule has 8 nitrogen and oxygen atoms in total. The van der Waals surface area contributed by atoms with Gasteiger partial charge in [0.15, 0.2) is 11.5 Å². The highest BCUT2D eigenvalue weighted by molar-refractivity contribution is 7.89. The molecule has 1 fully saturated rings. The number of nitrogens with one attached hydrogen (secondary N) is 1. The Morgan fingerprint density at radius 1 is 1.13 bits per heavy atom. The SMILES string of the molecule is Cc1nn2c(-c3cccc(S(=O)(=O)NCC4CCCO4)c3)nnc2c2ccccc12. The third-order valence-corrected chi connectivity index (χ3v) is 6.80. The van der Waals surface area contributed by atoms with Crippen LogP contribution in [0.3, 0.4) is 0 Å². The van der Waals surface area contributed by atoms with E-state index in [1.54, 1.807) is 22.7 Å². The van der Waals surface area contributed by atoms with Gasteiger partial charge >= 0.3 is 0 Å². The Balaban J connectivity index is 1.53. The van der Waals surface area contributed by atoms with Gasteiger partial charge in [-0.2, -0.15) is 9.61 Å². The third-order valence-electron chi connectivity index (χ3n) is 5.38. The highest BCUT2D eigenvalue weighted by Crippen LogP contribution is 2.26. The lowest BCUT2D eigenvalue weighted by Crippen LogP contribution is -2.31. The van der Waals surface area contributed by atoms with Crippen LogP contribution in [0.5, 0.6) is 0 Å². The second-order valence-electron chi connectivity index (χ2n) is 7.40. The van der Waals surface area contributed by atoms with Crippen molar-refractivity contribution >= 4 is 26.4 Å². The number of aromatic nitrogens is 4. The van der Waals surface area contributed by atoms with Gasteiger partial charge in [0.2, 0.25) is 10.0 Å². The summed E-state index contributed by atoms with van der Waals surface area (Å²) in [5.74, 6) is 0.495. The number of hydrogen-bond acceptors (Lipinski definition) is 6. The number of benzene rings is 2. The van der Waals surface area contributed by atoms with Crippen LogP contribution in [0.1, 0.15) is 18.5 Å². The lowest BCUT2D eigenvalue weighted by Gasteiger charge is -2.12. The van der Waals surface area contributed by atoms with Crippen LogP contribution in [-0.2, 0) is 14.8 Å². The van der Waals surface area contributed by atoms with Crippen LogP contribution in [-0.4, -0.2) is 47.5 Å². The first-order valence-corrected chi connectivity index (χ1v) is 11.3. The Hall–Kier alpha value is -2.88. The fraction of sp³-hybridized carbons (Fsp3) is 0.286. The summed E-state index contributed by atoms with van der Waals surface area (Å²) in [6.07, 6.45) is 1.76. The summed E-state index contributed by atoms with van der Waals surface area (Å²) in [4.78, 5) is 0.173. The summed E-state index contributed by atoms with van der Waals surface area (Å²) in [5.41, 5.74) is 2.11. The minimum absolute atomic E-state index is 0.0659. The lowest BCUT2D eigenvalue weighted by atomic mass is 10.1. The van der Waals surface area contributed by atoms with E-state index in [1.807, 2.05) is 37.3 Å². The van der Waals surface area contributed by atoms with Gasteiger partial charge in [-0.25, -0.2) is 13.1 Å². The number of hydrogen-bond donors (Lipinski definition) is 1. The Bertz CT molecular complexity index is 1340. The van der Waals surface area contributed by atoms with Gasteiger partial charge in [0.25, 0.3) is 0 Å². The Morgan fingerprint density at radius 3 is 2.77 bits per heavy atom. The molecule has 9 heteroatoms. The maximum Gasteiger partial charge on any atom is 0.240 e. The zero-order valence-electron chi connectivity index (χ0n) is 16.4. The predicted molar refractivity (Wildman–Crippen MR) is 113 cm³/mol. The first-order valence-electron chi connectivity index (χ1n) is 9.85. The molecule has 1 aliphatic rings. The molecule has 2 aromatic carbocycles. The summed E-state index contributed by atoms with van der Waals surface area (Å²) in [7, 11) is -3.67. The highest BCUT2D eigenvalue weighted by atomic mass is 32.2. The fourth-order valence-corrected chi connectivity index (χ4v) is 4.93. The lowest BCUT2D eigenvalue weighted by molar-refractivity contribution is 0.114. The average Bonchev–Trinajstić information content (AvgIpc) is 3.43. The molecule has 1 atom stereocenters.